The summed E-state index contributed by atoms with van der Waals surface area (Å²) in [7, 11) is 0. The zero-order chi connectivity index (χ0) is 15.5. The Bertz CT molecular complexity index is 781. The third-order valence-electron chi connectivity index (χ3n) is 3.40. The molecule has 1 aromatic heterocycles. The molecule has 0 aliphatic rings. The highest BCUT2D eigenvalue weighted by molar-refractivity contribution is 6.30. The van der Waals surface area contributed by atoms with Crippen LogP contribution in [0.4, 0.5) is 5.69 Å². The van der Waals surface area contributed by atoms with Crippen molar-refractivity contribution in [2.75, 3.05) is 5.32 Å². The number of nitrogens with one attached hydrogen (secondary N) is 1. The lowest BCUT2D eigenvalue weighted by Gasteiger charge is -2.07. The molecule has 0 aliphatic heterocycles. The Hall–Kier alpha value is -2.33. The Balaban J connectivity index is 1.72. The zero-order valence-electron chi connectivity index (χ0n) is 12.4. The average Bonchev–Trinajstić information content (AvgIpc) is 2.98. The number of hydrogen-bond acceptors (Lipinski definition) is 4. The van der Waals surface area contributed by atoms with Gasteiger partial charge in [-0.2, -0.15) is 0 Å². The van der Waals surface area contributed by atoms with Crippen LogP contribution in [0, 0.1) is 13.8 Å². The lowest BCUT2D eigenvalue weighted by molar-refractivity contribution is 0.515. The van der Waals surface area contributed by atoms with Crippen LogP contribution in [0.5, 0.6) is 0 Å². The number of benzene rings is 2. The molecule has 2 aromatic carbocycles. The Morgan fingerprint density at radius 1 is 1.05 bits per heavy atom. The van der Waals surface area contributed by atoms with E-state index in [0.717, 1.165) is 16.8 Å². The van der Waals surface area contributed by atoms with Crippen molar-refractivity contribution in [3.8, 4) is 11.5 Å². The maximum Gasteiger partial charge on any atom is 0.247 e. The molecule has 0 saturated heterocycles. The quantitative estimate of drug-likeness (QED) is 0.763. The van der Waals surface area contributed by atoms with Crippen molar-refractivity contribution in [2.24, 2.45) is 0 Å². The van der Waals surface area contributed by atoms with E-state index in [1.54, 1.807) is 0 Å². The molecule has 0 bridgehead atoms. The molecule has 0 spiro atoms. The van der Waals surface area contributed by atoms with Gasteiger partial charge in [-0.05, 0) is 43.7 Å². The summed E-state index contributed by atoms with van der Waals surface area (Å²) >= 11 is 6.00. The number of nitrogens with zero attached hydrogens (tertiary/aromatic N) is 2. The van der Waals surface area contributed by atoms with Crippen LogP contribution in [0.15, 0.2) is 46.9 Å². The molecule has 112 valence electrons. The van der Waals surface area contributed by atoms with E-state index in [1.807, 2.05) is 56.3 Å². The normalized spacial score (nSPS) is 10.7. The van der Waals surface area contributed by atoms with Crippen molar-refractivity contribution in [3.05, 3.63) is 64.5 Å². The van der Waals surface area contributed by atoms with Gasteiger partial charge in [-0.15, -0.1) is 10.2 Å². The van der Waals surface area contributed by atoms with Gasteiger partial charge in [0.05, 0.1) is 6.54 Å². The van der Waals surface area contributed by atoms with Crippen molar-refractivity contribution < 1.29 is 4.42 Å². The molecule has 3 aromatic rings. The van der Waals surface area contributed by atoms with E-state index in [0.29, 0.717) is 23.3 Å². The molecular formula is C17H16ClN3O. The predicted molar refractivity (Wildman–Crippen MR) is 88.0 cm³/mol. The molecule has 0 atom stereocenters. The summed E-state index contributed by atoms with van der Waals surface area (Å²) in [5, 5.41) is 12.1. The highest BCUT2D eigenvalue weighted by atomic mass is 35.5. The smallest absolute Gasteiger partial charge is 0.247 e. The minimum atomic E-state index is 0.458. The second-order valence-electron chi connectivity index (χ2n) is 5.18. The minimum absolute atomic E-state index is 0.458. The number of anilines is 1. The highest BCUT2D eigenvalue weighted by Gasteiger charge is 2.08. The summed E-state index contributed by atoms with van der Waals surface area (Å²) in [6, 6.07) is 13.7. The molecular weight excluding hydrogens is 298 g/mol. The van der Waals surface area contributed by atoms with Gasteiger partial charge in [0.25, 0.3) is 0 Å². The van der Waals surface area contributed by atoms with Crippen LogP contribution in [0.1, 0.15) is 17.0 Å². The summed E-state index contributed by atoms with van der Waals surface area (Å²) in [5.41, 5.74) is 4.19. The summed E-state index contributed by atoms with van der Waals surface area (Å²) < 4.78 is 5.68. The Kier molecular flexibility index (Phi) is 4.11. The molecule has 22 heavy (non-hydrogen) atoms. The molecule has 0 radical (unpaired) electrons. The average molecular weight is 314 g/mol. The van der Waals surface area contributed by atoms with Crippen LogP contribution in [0.2, 0.25) is 5.02 Å². The molecule has 0 saturated carbocycles. The van der Waals surface area contributed by atoms with Gasteiger partial charge >= 0.3 is 0 Å². The first-order valence-electron chi connectivity index (χ1n) is 7.01. The molecule has 0 amide bonds. The first kappa shape index (κ1) is 14.6. The van der Waals surface area contributed by atoms with E-state index in [-0.39, 0.29) is 0 Å². The molecule has 0 aliphatic carbocycles. The Labute approximate surface area is 134 Å². The van der Waals surface area contributed by atoms with Crippen LogP contribution in [0.3, 0.4) is 0 Å². The molecule has 1 N–H and O–H groups in total. The summed E-state index contributed by atoms with van der Waals surface area (Å²) in [5.74, 6) is 1.06. The summed E-state index contributed by atoms with van der Waals surface area (Å²) in [6.07, 6.45) is 0. The first-order chi connectivity index (χ1) is 10.6. The van der Waals surface area contributed by atoms with Gasteiger partial charge in [0, 0.05) is 16.3 Å². The van der Waals surface area contributed by atoms with E-state index in [1.165, 1.54) is 5.56 Å². The molecule has 0 fully saturated rings. The fraction of sp³-hybridized carbons (Fsp3) is 0.176. The van der Waals surface area contributed by atoms with Crippen LogP contribution in [0.25, 0.3) is 11.5 Å². The number of aromatic nitrogens is 2. The molecule has 5 heteroatoms. The first-order valence-corrected chi connectivity index (χ1v) is 7.39. The summed E-state index contributed by atoms with van der Waals surface area (Å²) in [6.45, 7) is 4.52. The van der Waals surface area contributed by atoms with Gasteiger partial charge in [0.15, 0.2) is 0 Å². The van der Waals surface area contributed by atoms with Gasteiger partial charge in [-0.25, -0.2) is 0 Å². The van der Waals surface area contributed by atoms with Crippen molar-refractivity contribution in [3.63, 3.8) is 0 Å². The molecule has 4 nitrogen and oxygen atoms in total. The largest absolute Gasteiger partial charge is 0.419 e. The number of halogens is 1. The van der Waals surface area contributed by atoms with Gasteiger partial charge in [0.1, 0.15) is 0 Å². The molecule has 0 unspecified atom stereocenters. The lowest BCUT2D eigenvalue weighted by atomic mass is 10.1. The topological polar surface area (TPSA) is 51.0 Å². The van der Waals surface area contributed by atoms with Crippen molar-refractivity contribution >= 4 is 17.3 Å². The predicted octanol–water partition coefficient (Wildman–Crippen LogP) is 4.62. The number of rotatable bonds is 4. The van der Waals surface area contributed by atoms with Crippen molar-refractivity contribution in [2.45, 2.75) is 20.4 Å². The minimum Gasteiger partial charge on any atom is -0.419 e. The van der Waals surface area contributed by atoms with E-state index in [9.17, 15) is 0 Å². The van der Waals surface area contributed by atoms with Crippen LogP contribution >= 0.6 is 11.6 Å². The standard InChI is InChI=1S/C17H16ClN3O/c1-11-3-6-13(7-4-11)17-21-20-16(22-17)10-19-15-9-14(18)8-5-12(15)2/h3-9,19H,10H2,1-2H3. The van der Waals surface area contributed by atoms with Gasteiger partial charge in [-0.3, -0.25) is 0 Å². The second kappa shape index (κ2) is 6.20. The van der Waals surface area contributed by atoms with Crippen molar-refractivity contribution in [1.29, 1.82) is 0 Å². The fourth-order valence-corrected chi connectivity index (χ4v) is 2.27. The molecule has 1 heterocycles. The number of hydrogen-bond donors (Lipinski definition) is 1. The monoisotopic (exact) mass is 313 g/mol. The third kappa shape index (κ3) is 3.28. The Morgan fingerprint density at radius 3 is 2.59 bits per heavy atom. The maximum atomic E-state index is 6.00. The highest BCUT2D eigenvalue weighted by Crippen LogP contribution is 2.22. The SMILES string of the molecule is Cc1ccc(-c2nnc(CNc3cc(Cl)ccc3C)o2)cc1. The van der Waals surface area contributed by atoms with E-state index in [2.05, 4.69) is 15.5 Å². The lowest BCUT2D eigenvalue weighted by Crippen LogP contribution is -2.01. The van der Waals surface area contributed by atoms with Crippen LogP contribution in [-0.4, -0.2) is 10.2 Å². The second-order valence-corrected chi connectivity index (χ2v) is 5.62. The van der Waals surface area contributed by atoms with Gasteiger partial charge < -0.3 is 9.73 Å². The number of aryl methyl sites for hydroxylation is 2. The van der Waals surface area contributed by atoms with Crippen LogP contribution < -0.4 is 5.32 Å². The maximum absolute atomic E-state index is 6.00. The van der Waals surface area contributed by atoms with E-state index in [4.69, 9.17) is 16.0 Å². The van der Waals surface area contributed by atoms with E-state index >= 15 is 0 Å². The van der Waals surface area contributed by atoms with Crippen molar-refractivity contribution in [1.82, 2.24) is 10.2 Å². The summed E-state index contributed by atoms with van der Waals surface area (Å²) in [4.78, 5) is 0. The van der Waals surface area contributed by atoms with E-state index < -0.39 is 0 Å². The van der Waals surface area contributed by atoms with Crippen LogP contribution in [-0.2, 0) is 6.54 Å². The third-order valence-corrected chi connectivity index (χ3v) is 3.63. The van der Waals surface area contributed by atoms with Gasteiger partial charge in [0.2, 0.25) is 11.8 Å². The zero-order valence-corrected chi connectivity index (χ0v) is 13.2. The molecule has 3 rings (SSSR count). The Morgan fingerprint density at radius 2 is 1.82 bits per heavy atom. The fourth-order valence-electron chi connectivity index (χ4n) is 2.09. The van der Waals surface area contributed by atoms with Gasteiger partial charge in [-0.1, -0.05) is 35.4 Å².